The summed E-state index contributed by atoms with van der Waals surface area (Å²) in [7, 11) is 1.20. The molecule has 0 heterocycles. The third-order valence-corrected chi connectivity index (χ3v) is 2.68. The number of esters is 1. The van der Waals surface area contributed by atoms with Crippen molar-refractivity contribution in [3.63, 3.8) is 0 Å². The molecular weight excluding hydrogens is 278 g/mol. The van der Waals surface area contributed by atoms with Gasteiger partial charge in [-0.15, -0.1) is 0 Å². The first-order chi connectivity index (χ1) is 9.93. The molecule has 21 heavy (non-hydrogen) atoms. The number of benzene rings is 1. The third-order valence-electron chi connectivity index (χ3n) is 2.68. The number of amides is 2. The number of nitrogen functional groups attached to an aromatic ring is 1. The topological polar surface area (TPSA) is 131 Å². The molecule has 1 atom stereocenters. The zero-order chi connectivity index (χ0) is 15.8. The number of urea groups is 1. The largest absolute Gasteiger partial charge is 0.480 e. The molecule has 1 aromatic rings. The number of carboxylic acid groups (broad SMARTS) is 1. The number of rotatable bonds is 6. The molecule has 0 saturated heterocycles. The molecule has 0 saturated carbocycles. The van der Waals surface area contributed by atoms with Gasteiger partial charge in [0.25, 0.3) is 0 Å². The molecule has 0 aliphatic heterocycles. The summed E-state index contributed by atoms with van der Waals surface area (Å²) in [5.41, 5.74) is 6.38. The van der Waals surface area contributed by atoms with Crippen molar-refractivity contribution in [1.82, 2.24) is 5.32 Å². The molecule has 0 bridgehead atoms. The molecular formula is C13H17N3O5. The van der Waals surface area contributed by atoms with Crippen LogP contribution in [0.1, 0.15) is 12.8 Å². The van der Waals surface area contributed by atoms with Crippen LogP contribution in [0.15, 0.2) is 24.3 Å². The molecule has 0 unspecified atom stereocenters. The molecule has 0 radical (unpaired) electrons. The summed E-state index contributed by atoms with van der Waals surface area (Å²) in [5.74, 6) is -1.79. The van der Waals surface area contributed by atoms with Crippen molar-refractivity contribution in [2.45, 2.75) is 18.9 Å². The van der Waals surface area contributed by atoms with Gasteiger partial charge in [-0.25, -0.2) is 9.59 Å². The van der Waals surface area contributed by atoms with Crippen molar-refractivity contribution in [3.05, 3.63) is 24.3 Å². The van der Waals surface area contributed by atoms with Gasteiger partial charge in [0.1, 0.15) is 6.04 Å². The van der Waals surface area contributed by atoms with Gasteiger partial charge in [0.15, 0.2) is 0 Å². The van der Waals surface area contributed by atoms with Crippen LogP contribution in [0.25, 0.3) is 0 Å². The zero-order valence-corrected chi connectivity index (χ0v) is 11.5. The lowest BCUT2D eigenvalue weighted by Crippen LogP contribution is -2.43. The second kappa shape index (κ2) is 7.73. The molecule has 1 aromatic carbocycles. The van der Waals surface area contributed by atoms with E-state index in [1.165, 1.54) is 7.11 Å². The highest BCUT2D eigenvalue weighted by Gasteiger charge is 2.21. The second-order valence-corrected chi connectivity index (χ2v) is 4.19. The van der Waals surface area contributed by atoms with Crippen molar-refractivity contribution in [1.29, 1.82) is 0 Å². The maximum Gasteiger partial charge on any atom is 0.326 e. The Labute approximate surface area is 121 Å². The number of hydrogen-bond acceptors (Lipinski definition) is 5. The number of nitrogens with two attached hydrogens (primary N) is 1. The first kappa shape index (κ1) is 16.3. The standard InChI is InChI=1S/C13H17N3O5/c1-21-11(17)7-6-10(12(18)19)16-13(20)15-9-5-3-2-4-8(9)14/h2-5,10H,6-7,14H2,1H3,(H,18,19)(H2,15,16,20)/t10-/m1/s1. The van der Waals surface area contributed by atoms with E-state index in [2.05, 4.69) is 15.4 Å². The third kappa shape index (κ3) is 5.39. The minimum atomic E-state index is -1.24. The highest BCUT2D eigenvalue weighted by Crippen LogP contribution is 2.16. The Morgan fingerprint density at radius 3 is 2.57 bits per heavy atom. The van der Waals surface area contributed by atoms with Crippen LogP contribution in [0, 0.1) is 0 Å². The number of carbonyl (C=O) groups is 3. The number of carbonyl (C=O) groups excluding carboxylic acids is 2. The van der Waals surface area contributed by atoms with Crippen molar-refractivity contribution >= 4 is 29.3 Å². The van der Waals surface area contributed by atoms with E-state index in [-0.39, 0.29) is 12.8 Å². The minimum absolute atomic E-state index is 0.0697. The highest BCUT2D eigenvalue weighted by atomic mass is 16.5. The van der Waals surface area contributed by atoms with Crippen LogP contribution in [0.4, 0.5) is 16.2 Å². The van der Waals surface area contributed by atoms with Crippen LogP contribution >= 0.6 is 0 Å². The molecule has 0 aliphatic rings. The molecule has 0 fully saturated rings. The quantitative estimate of drug-likeness (QED) is 0.453. The van der Waals surface area contributed by atoms with E-state index >= 15 is 0 Å². The van der Waals surface area contributed by atoms with Gasteiger partial charge in [-0.05, 0) is 18.6 Å². The van der Waals surface area contributed by atoms with Gasteiger partial charge in [-0.2, -0.15) is 0 Å². The maximum atomic E-state index is 11.7. The maximum absolute atomic E-state index is 11.7. The number of anilines is 2. The van der Waals surface area contributed by atoms with Crippen molar-refractivity contribution < 1.29 is 24.2 Å². The van der Waals surface area contributed by atoms with Gasteiger partial charge < -0.3 is 26.2 Å². The number of ether oxygens (including phenoxy) is 1. The van der Waals surface area contributed by atoms with Crippen molar-refractivity contribution in [2.75, 3.05) is 18.2 Å². The smallest absolute Gasteiger partial charge is 0.326 e. The molecule has 8 nitrogen and oxygen atoms in total. The summed E-state index contributed by atoms with van der Waals surface area (Å²) in [6, 6.07) is 4.65. The minimum Gasteiger partial charge on any atom is -0.480 e. The Morgan fingerprint density at radius 2 is 2.00 bits per heavy atom. The van der Waals surface area contributed by atoms with E-state index in [1.54, 1.807) is 24.3 Å². The Morgan fingerprint density at radius 1 is 1.33 bits per heavy atom. The van der Waals surface area contributed by atoms with E-state index in [9.17, 15) is 14.4 Å². The van der Waals surface area contributed by atoms with Crippen LogP contribution in [-0.4, -0.2) is 36.2 Å². The number of hydrogen-bond donors (Lipinski definition) is 4. The Bertz CT molecular complexity index is 532. The number of nitrogens with one attached hydrogen (secondary N) is 2. The fourth-order valence-electron chi connectivity index (χ4n) is 1.55. The van der Waals surface area contributed by atoms with Crippen LogP contribution in [0.5, 0.6) is 0 Å². The number of aliphatic carboxylic acids is 1. The second-order valence-electron chi connectivity index (χ2n) is 4.19. The predicted octanol–water partition coefficient (Wildman–Crippen LogP) is 0.797. The molecule has 5 N–H and O–H groups in total. The molecule has 0 spiro atoms. The zero-order valence-electron chi connectivity index (χ0n) is 11.5. The van der Waals surface area contributed by atoms with E-state index in [0.717, 1.165) is 0 Å². The summed E-state index contributed by atoms with van der Waals surface area (Å²) in [6.07, 6.45) is -0.180. The fourth-order valence-corrected chi connectivity index (χ4v) is 1.55. The van der Waals surface area contributed by atoms with Crippen LogP contribution in [0.3, 0.4) is 0 Å². The highest BCUT2D eigenvalue weighted by molar-refractivity contribution is 5.94. The monoisotopic (exact) mass is 295 g/mol. The normalized spacial score (nSPS) is 11.3. The summed E-state index contributed by atoms with van der Waals surface area (Å²) >= 11 is 0. The van der Waals surface area contributed by atoms with Gasteiger partial charge in [-0.3, -0.25) is 4.79 Å². The molecule has 114 valence electrons. The predicted molar refractivity (Wildman–Crippen MR) is 75.7 cm³/mol. The first-order valence-corrected chi connectivity index (χ1v) is 6.15. The van der Waals surface area contributed by atoms with E-state index in [4.69, 9.17) is 10.8 Å². The van der Waals surface area contributed by atoms with Gasteiger partial charge in [-0.1, -0.05) is 12.1 Å². The number of methoxy groups -OCH3 is 1. The lowest BCUT2D eigenvalue weighted by molar-refractivity contribution is -0.142. The number of carboxylic acids is 1. The van der Waals surface area contributed by atoms with Crippen LogP contribution < -0.4 is 16.4 Å². The van der Waals surface area contributed by atoms with Crippen molar-refractivity contribution in [2.24, 2.45) is 0 Å². The van der Waals surface area contributed by atoms with E-state index in [0.29, 0.717) is 11.4 Å². The SMILES string of the molecule is COC(=O)CC[C@@H](NC(=O)Nc1ccccc1N)C(=O)O. The Balaban J connectivity index is 2.58. The van der Waals surface area contributed by atoms with Gasteiger partial charge in [0.05, 0.1) is 18.5 Å². The van der Waals surface area contributed by atoms with Gasteiger partial charge in [0, 0.05) is 6.42 Å². The lowest BCUT2D eigenvalue weighted by atomic mass is 10.1. The summed E-state index contributed by atoms with van der Waals surface area (Å²) in [4.78, 5) is 33.8. The summed E-state index contributed by atoms with van der Waals surface area (Å²) in [6.45, 7) is 0. The van der Waals surface area contributed by atoms with Crippen LogP contribution in [-0.2, 0) is 14.3 Å². The summed E-state index contributed by atoms with van der Waals surface area (Å²) in [5, 5.41) is 13.7. The molecule has 0 aromatic heterocycles. The summed E-state index contributed by atoms with van der Waals surface area (Å²) < 4.78 is 4.42. The van der Waals surface area contributed by atoms with Gasteiger partial charge in [0.2, 0.25) is 0 Å². The Hall–Kier alpha value is -2.77. The van der Waals surface area contributed by atoms with Crippen molar-refractivity contribution in [3.8, 4) is 0 Å². The van der Waals surface area contributed by atoms with Gasteiger partial charge >= 0.3 is 18.0 Å². The number of para-hydroxylation sites is 2. The molecule has 1 rings (SSSR count). The lowest BCUT2D eigenvalue weighted by Gasteiger charge is -2.15. The molecule has 0 aliphatic carbocycles. The molecule has 2 amide bonds. The first-order valence-electron chi connectivity index (χ1n) is 6.15. The average Bonchev–Trinajstić information content (AvgIpc) is 2.45. The van der Waals surface area contributed by atoms with E-state index in [1.807, 2.05) is 0 Å². The van der Waals surface area contributed by atoms with E-state index < -0.39 is 24.0 Å². The molecule has 8 heteroatoms. The van der Waals surface area contributed by atoms with Crippen LogP contribution in [0.2, 0.25) is 0 Å². The fraction of sp³-hybridized carbons (Fsp3) is 0.308. The Kier molecular flexibility index (Phi) is 5.99. The average molecular weight is 295 g/mol.